The van der Waals surface area contributed by atoms with E-state index in [9.17, 15) is 45.3 Å². The first-order valence-corrected chi connectivity index (χ1v) is 26.6. The van der Waals surface area contributed by atoms with Crippen LogP contribution in [0, 0.1) is 0 Å². The second-order valence-electron chi connectivity index (χ2n) is 18.8. The van der Waals surface area contributed by atoms with Crippen molar-refractivity contribution in [3.63, 3.8) is 0 Å². The lowest BCUT2D eigenvalue weighted by molar-refractivity contribution is -0.332. The number of aliphatic hydroxyl groups excluding tert-OH is 7. The normalized spacial score (nSPS) is 26.0. The van der Waals surface area contributed by atoms with Crippen molar-refractivity contribution in [1.82, 2.24) is 0 Å². The number of carbonyl (C=O) groups excluding carboxylic acids is 2. The molecule has 0 spiro atoms. The van der Waals surface area contributed by atoms with Crippen LogP contribution in [0.5, 0.6) is 0 Å². The monoisotopic (exact) mass is 971 g/mol. The maximum atomic E-state index is 13.0. The van der Waals surface area contributed by atoms with Crippen LogP contribution in [0.1, 0.15) is 194 Å². The summed E-state index contributed by atoms with van der Waals surface area (Å²) in [4.78, 5) is 25.7. The second kappa shape index (κ2) is 40.3. The smallest absolute Gasteiger partial charge is 0.330 e. The highest BCUT2D eigenvalue weighted by Gasteiger charge is 2.47. The third-order valence-electron chi connectivity index (χ3n) is 12.7. The van der Waals surface area contributed by atoms with E-state index in [1.165, 1.54) is 128 Å². The Balaban J connectivity index is 1.83. The summed E-state index contributed by atoms with van der Waals surface area (Å²) < 4.78 is 33.4. The lowest BCUT2D eigenvalue weighted by Crippen LogP contribution is -2.61. The maximum Gasteiger partial charge on any atom is 0.330 e. The van der Waals surface area contributed by atoms with Gasteiger partial charge in [-0.15, -0.1) is 0 Å². The van der Waals surface area contributed by atoms with Crippen LogP contribution in [0.15, 0.2) is 36.5 Å². The molecular weight excluding hydrogens is 877 g/mol. The first-order valence-electron chi connectivity index (χ1n) is 26.6. The van der Waals surface area contributed by atoms with Gasteiger partial charge in [0.15, 0.2) is 18.7 Å². The topological polar surface area (TPSA) is 231 Å². The molecule has 68 heavy (non-hydrogen) atoms. The molecule has 2 aliphatic heterocycles. The molecule has 15 heteroatoms. The van der Waals surface area contributed by atoms with Crippen LogP contribution >= 0.6 is 0 Å². The molecular formula is C53H94O15. The van der Waals surface area contributed by atoms with Crippen molar-refractivity contribution in [2.75, 3.05) is 26.4 Å². The zero-order valence-electron chi connectivity index (χ0n) is 41.8. The molecule has 4 unspecified atom stereocenters. The number of carbonyl (C=O) groups is 2. The fourth-order valence-electron chi connectivity index (χ4n) is 8.30. The summed E-state index contributed by atoms with van der Waals surface area (Å²) in [6, 6.07) is 0. The molecule has 396 valence electrons. The van der Waals surface area contributed by atoms with Gasteiger partial charge in [-0.25, -0.2) is 4.79 Å². The Bertz CT molecular complexity index is 1330. The molecule has 15 nitrogen and oxygen atoms in total. The molecule has 2 fully saturated rings. The standard InChI is InChI=1S/C53H94O15/c1-3-5-7-9-11-13-15-17-19-20-22-24-26-28-30-32-34-36-45(56)66-41(38-63-44(55)35-33-31-29-27-25-23-21-18-16-14-12-10-8-6-4-2)39-64-52-51(62)49(60)47(58)43(68-52)40-65-53-50(61)48(59)46(57)42(37-54)67-53/h17,19,29,31,33,35,41-43,46-54,57-62H,3-16,18,20-28,30,32,34,36-40H2,1-2H3/b19-17+,31-29+,35-33+/t41-,42+,43+,46-,47-,48?,49?,50?,51?,52+,53+/m1/s1. The Kier molecular flexibility index (Phi) is 36.7. The molecule has 0 saturated carbocycles. The lowest BCUT2D eigenvalue weighted by atomic mass is 9.98. The number of hydrogen-bond acceptors (Lipinski definition) is 15. The van der Waals surface area contributed by atoms with Crippen molar-refractivity contribution in [3.05, 3.63) is 36.5 Å². The number of hydrogen-bond donors (Lipinski definition) is 7. The number of rotatable bonds is 41. The van der Waals surface area contributed by atoms with Gasteiger partial charge in [-0.1, -0.05) is 173 Å². The van der Waals surface area contributed by atoms with Gasteiger partial charge in [0, 0.05) is 12.5 Å². The van der Waals surface area contributed by atoms with Gasteiger partial charge in [-0.2, -0.15) is 0 Å². The average Bonchev–Trinajstić information content (AvgIpc) is 3.33. The third kappa shape index (κ3) is 27.9. The van der Waals surface area contributed by atoms with Crippen LogP contribution in [0.4, 0.5) is 0 Å². The molecule has 0 aromatic heterocycles. The van der Waals surface area contributed by atoms with Gasteiger partial charge < -0.3 is 64.2 Å². The van der Waals surface area contributed by atoms with Gasteiger partial charge in [0.1, 0.15) is 55.4 Å². The summed E-state index contributed by atoms with van der Waals surface area (Å²) in [6.07, 6.45) is 26.6. The molecule has 0 aromatic rings. The highest BCUT2D eigenvalue weighted by molar-refractivity contribution is 5.82. The summed E-state index contributed by atoms with van der Waals surface area (Å²) in [5.41, 5.74) is 0. The van der Waals surface area contributed by atoms with E-state index >= 15 is 0 Å². The van der Waals surface area contributed by atoms with E-state index in [1.807, 2.05) is 6.08 Å². The zero-order chi connectivity index (χ0) is 49.6. The van der Waals surface area contributed by atoms with Crippen molar-refractivity contribution < 1.29 is 73.8 Å². The number of allylic oxidation sites excluding steroid dienone is 5. The van der Waals surface area contributed by atoms with E-state index in [0.29, 0.717) is 6.42 Å². The average molecular weight is 971 g/mol. The molecule has 2 saturated heterocycles. The van der Waals surface area contributed by atoms with Gasteiger partial charge in [0.25, 0.3) is 0 Å². The van der Waals surface area contributed by atoms with Crippen LogP contribution < -0.4 is 0 Å². The minimum absolute atomic E-state index is 0.141. The predicted octanol–water partition coefficient (Wildman–Crippen LogP) is 7.71. The minimum atomic E-state index is -1.78. The number of aliphatic hydroxyl groups is 7. The molecule has 0 aromatic carbocycles. The first kappa shape index (κ1) is 61.8. The van der Waals surface area contributed by atoms with Crippen LogP contribution in [0.25, 0.3) is 0 Å². The highest BCUT2D eigenvalue weighted by atomic mass is 16.7. The fourth-order valence-corrected chi connectivity index (χ4v) is 8.30. The maximum absolute atomic E-state index is 13.0. The van der Waals surface area contributed by atoms with Gasteiger partial charge in [-0.05, 0) is 44.9 Å². The fraction of sp³-hybridized carbons (Fsp3) is 0.849. The van der Waals surface area contributed by atoms with Crippen molar-refractivity contribution in [2.24, 2.45) is 0 Å². The number of unbranched alkanes of at least 4 members (excludes halogenated alkanes) is 24. The van der Waals surface area contributed by atoms with Gasteiger partial charge >= 0.3 is 11.9 Å². The van der Waals surface area contributed by atoms with Crippen molar-refractivity contribution >= 4 is 11.9 Å². The van der Waals surface area contributed by atoms with Gasteiger partial charge in [-0.3, -0.25) is 4.79 Å². The Labute approximate surface area is 408 Å². The minimum Gasteiger partial charge on any atom is -0.458 e. The van der Waals surface area contributed by atoms with E-state index in [-0.39, 0.29) is 13.0 Å². The van der Waals surface area contributed by atoms with Crippen LogP contribution in [0.2, 0.25) is 0 Å². The molecule has 0 radical (unpaired) electrons. The van der Waals surface area contributed by atoms with E-state index in [1.54, 1.807) is 12.2 Å². The van der Waals surface area contributed by atoms with Crippen LogP contribution in [-0.2, 0) is 38.0 Å². The molecule has 11 atom stereocenters. The Morgan fingerprint density at radius 3 is 1.46 bits per heavy atom. The van der Waals surface area contributed by atoms with Crippen LogP contribution in [-0.4, -0.2) is 142 Å². The molecule has 2 aliphatic rings. The third-order valence-corrected chi connectivity index (χ3v) is 12.7. The second-order valence-corrected chi connectivity index (χ2v) is 18.8. The molecule has 0 amide bonds. The summed E-state index contributed by atoms with van der Waals surface area (Å²) in [5, 5.41) is 72.1. The zero-order valence-corrected chi connectivity index (χ0v) is 41.8. The molecule has 7 N–H and O–H groups in total. The summed E-state index contributed by atoms with van der Waals surface area (Å²) in [6.45, 7) is 2.47. The molecule has 0 bridgehead atoms. The predicted molar refractivity (Wildman–Crippen MR) is 261 cm³/mol. The lowest BCUT2D eigenvalue weighted by Gasteiger charge is -2.42. The number of esters is 2. The van der Waals surface area contributed by atoms with Gasteiger partial charge in [0.05, 0.1) is 19.8 Å². The summed E-state index contributed by atoms with van der Waals surface area (Å²) in [5.74, 6) is -1.18. The van der Waals surface area contributed by atoms with Crippen molar-refractivity contribution in [3.8, 4) is 0 Å². The quantitative estimate of drug-likeness (QED) is 0.0102. The SMILES string of the molecule is CCCCCCCC/C=C/CCCCCCCCCC(=O)O[C@H](COC(=O)/C=C/C=C/CCCCCCCCCCCCC)CO[C@H]1O[C@@H](CO[C@H]2O[C@@H](CO)[C@@H](O)C(O)C2O)[C@@H](O)C(O)C1O. The Morgan fingerprint density at radius 1 is 0.500 bits per heavy atom. The van der Waals surface area contributed by atoms with E-state index in [4.69, 9.17) is 28.4 Å². The molecule has 2 heterocycles. The molecule has 2 rings (SSSR count). The first-order chi connectivity index (χ1) is 33.0. The van der Waals surface area contributed by atoms with Gasteiger partial charge in [0.2, 0.25) is 0 Å². The van der Waals surface area contributed by atoms with Crippen molar-refractivity contribution in [1.29, 1.82) is 0 Å². The van der Waals surface area contributed by atoms with Crippen molar-refractivity contribution in [2.45, 2.75) is 261 Å². The highest BCUT2D eigenvalue weighted by Crippen LogP contribution is 2.26. The van der Waals surface area contributed by atoms with Crippen LogP contribution in [0.3, 0.4) is 0 Å². The largest absolute Gasteiger partial charge is 0.458 e. The summed E-state index contributed by atoms with van der Waals surface area (Å²) >= 11 is 0. The summed E-state index contributed by atoms with van der Waals surface area (Å²) in [7, 11) is 0. The number of ether oxygens (including phenoxy) is 6. The van der Waals surface area contributed by atoms with E-state index in [2.05, 4.69) is 26.0 Å². The van der Waals surface area contributed by atoms with E-state index in [0.717, 1.165) is 44.9 Å². The van der Waals surface area contributed by atoms with E-state index < -0.39 is 99.3 Å². The molecule has 0 aliphatic carbocycles. The Hall–Kier alpha value is -2.28. The Morgan fingerprint density at radius 2 is 0.941 bits per heavy atom.